The Morgan fingerprint density at radius 1 is 0.962 bits per heavy atom. The summed E-state index contributed by atoms with van der Waals surface area (Å²) in [5.41, 5.74) is 1.54. The van der Waals surface area contributed by atoms with E-state index in [1.165, 1.54) is 0 Å². The van der Waals surface area contributed by atoms with Gasteiger partial charge in [-0.3, -0.25) is 9.59 Å². The Morgan fingerprint density at radius 3 is 2.31 bits per heavy atom. The first-order valence-electron chi connectivity index (χ1n) is 8.93. The van der Waals surface area contributed by atoms with Gasteiger partial charge in [-0.2, -0.15) is 0 Å². The molecular formula is C21H23NO4. The molecule has 1 aliphatic rings. The van der Waals surface area contributed by atoms with Crippen molar-refractivity contribution in [2.24, 2.45) is 5.92 Å². The number of carbonyl (C=O) groups is 2. The van der Waals surface area contributed by atoms with E-state index in [4.69, 9.17) is 9.84 Å². The van der Waals surface area contributed by atoms with Gasteiger partial charge in [-0.05, 0) is 43.4 Å². The molecule has 0 aromatic heterocycles. The summed E-state index contributed by atoms with van der Waals surface area (Å²) in [6.07, 6.45) is 2.59. The van der Waals surface area contributed by atoms with E-state index in [0.717, 1.165) is 5.56 Å². The first-order valence-corrected chi connectivity index (χ1v) is 8.93. The van der Waals surface area contributed by atoms with Crippen LogP contribution in [0.4, 0.5) is 0 Å². The van der Waals surface area contributed by atoms with Crippen molar-refractivity contribution in [2.45, 2.75) is 38.3 Å². The highest BCUT2D eigenvalue weighted by molar-refractivity contribution is 5.97. The molecule has 2 aromatic rings. The van der Waals surface area contributed by atoms with E-state index >= 15 is 0 Å². The lowest BCUT2D eigenvalue weighted by Gasteiger charge is -2.27. The number of amides is 1. The molecule has 0 atom stereocenters. The SMILES string of the molecule is O=C(NC1CCC(C(=O)O)CC1)c1ccccc1OCc1ccccc1. The summed E-state index contributed by atoms with van der Waals surface area (Å²) >= 11 is 0. The van der Waals surface area contributed by atoms with Crippen molar-refractivity contribution in [3.8, 4) is 5.75 Å². The number of hydrogen-bond acceptors (Lipinski definition) is 3. The van der Waals surface area contributed by atoms with E-state index in [2.05, 4.69) is 5.32 Å². The number of aliphatic carboxylic acids is 1. The number of carboxylic acids is 1. The monoisotopic (exact) mass is 353 g/mol. The Labute approximate surface area is 153 Å². The molecule has 3 rings (SSSR count). The molecule has 2 N–H and O–H groups in total. The lowest BCUT2D eigenvalue weighted by atomic mass is 9.86. The van der Waals surface area contributed by atoms with Crippen molar-refractivity contribution in [2.75, 3.05) is 0 Å². The van der Waals surface area contributed by atoms with Crippen molar-refractivity contribution in [3.05, 3.63) is 65.7 Å². The maximum Gasteiger partial charge on any atom is 0.306 e. The molecule has 5 heteroatoms. The van der Waals surface area contributed by atoms with Crippen molar-refractivity contribution >= 4 is 11.9 Å². The average molecular weight is 353 g/mol. The van der Waals surface area contributed by atoms with Gasteiger partial charge in [-0.25, -0.2) is 0 Å². The van der Waals surface area contributed by atoms with Gasteiger partial charge in [-0.1, -0.05) is 42.5 Å². The summed E-state index contributed by atoms with van der Waals surface area (Å²) in [6, 6.07) is 17.0. The molecular weight excluding hydrogens is 330 g/mol. The second-order valence-corrected chi connectivity index (χ2v) is 6.63. The summed E-state index contributed by atoms with van der Waals surface area (Å²) in [5, 5.41) is 12.1. The third-order valence-corrected chi connectivity index (χ3v) is 4.78. The smallest absolute Gasteiger partial charge is 0.306 e. The van der Waals surface area contributed by atoms with E-state index in [1.807, 2.05) is 42.5 Å². The van der Waals surface area contributed by atoms with Gasteiger partial charge in [0.2, 0.25) is 0 Å². The Balaban J connectivity index is 1.60. The molecule has 1 aliphatic carbocycles. The van der Waals surface area contributed by atoms with Gasteiger partial charge < -0.3 is 15.2 Å². The van der Waals surface area contributed by atoms with Crippen LogP contribution < -0.4 is 10.1 Å². The molecule has 1 saturated carbocycles. The fraction of sp³-hybridized carbons (Fsp3) is 0.333. The van der Waals surface area contributed by atoms with Crippen molar-refractivity contribution in [3.63, 3.8) is 0 Å². The Bertz CT molecular complexity index is 752. The van der Waals surface area contributed by atoms with Gasteiger partial charge in [0.15, 0.2) is 0 Å². The lowest BCUT2D eigenvalue weighted by Crippen LogP contribution is -2.38. The van der Waals surface area contributed by atoms with Crippen LogP contribution in [-0.2, 0) is 11.4 Å². The average Bonchev–Trinajstić information content (AvgIpc) is 2.68. The highest BCUT2D eigenvalue weighted by Gasteiger charge is 2.27. The molecule has 0 heterocycles. The molecule has 136 valence electrons. The molecule has 26 heavy (non-hydrogen) atoms. The van der Waals surface area contributed by atoms with E-state index in [0.29, 0.717) is 43.6 Å². The van der Waals surface area contributed by atoms with Gasteiger partial charge >= 0.3 is 5.97 Å². The van der Waals surface area contributed by atoms with Crippen LogP contribution in [0.2, 0.25) is 0 Å². The number of carboxylic acid groups (broad SMARTS) is 1. The van der Waals surface area contributed by atoms with Crippen molar-refractivity contribution < 1.29 is 19.4 Å². The van der Waals surface area contributed by atoms with Crippen molar-refractivity contribution in [1.82, 2.24) is 5.32 Å². The van der Waals surface area contributed by atoms with Crippen LogP contribution >= 0.6 is 0 Å². The van der Waals surface area contributed by atoms with Crippen LogP contribution in [-0.4, -0.2) is 23.0 Å². The minimum Gasteiger partial charge on any atom is -0.488 e. The largest absolute Gasteiger partial charge is 0.488 e. The fourth-order valence-electron chi connectivity index (χ4n) is 3.26. The highest BCUT2D eigenvalue weighted by atomic mass is 16.5. The van der Waals surface area contributed by atoms with E-state index < -0.39 is 5.97 Å². The normalized spacial score (nSPS) is 19.5. The molecule has 0 saturated heterocycles. The number of nitrogens with one attached hydrogen (secondary N) is 1. The Kier molecular flexibility index (Phi) is 5.89. The summed E-state index contributed by atoms with van der Waals surface area (Å²) in [7, 11) is 0. The standard InChI is InChI=1S/C21H23NO4/c23-20(22-17-12-10-16(11-13-17)21(24)25)18-8-4-5-9-19(18)26-14-15-6-2-1-3-7-15/h1-9,16-17H,10-14H2,(H,22,23)(H,24,25). The second kappa shape index (κ2) is 8.52. The number of hydrogen-bond donors (Lipinski definition) is 2. The fourth-order valence-corrected chi connectivity index (χ4v) is 3.26. The number of para-hydroxylation sites is 1. The number of ether oxygens (including phenoxy) is 1. The maximum atomic E-state index is 12.7. The number of carbonyl (C=O) groups excluding carboxylic acids is 1. The molecule has 5 nitrogen and oxygen atoms in total. The minimum absolute atomic E-state index is 0.0141. The third kappa shape index (κ3) is 4.63. The number of benzene rings is 2. The number of rotatable bonds is 6. The highest BCUT2D eigenvalue weighted by Crippen LogP contribution is 2.25. The predicted octanol–water partition coefficient (Wildman–Crippen LogP) is 3.64. The van der Waals surface area contributed by atoms with Gasteiger partial charge in [0, 0.05) is 6.04 Å². The maximum absolute atomic E-state index is 12.7. The first-order chi connectivity index (χ1) is 12.6. The zero-order chi connectivity index (χ0) is 18.4. The van der Waals surface area contributed by atoms with E-state index in [-0.39, 0.29) is 17.9 Å². The van der Waals surface area contributed by atoms with Crippen LogP contribution in [0.15, 0.2) is 54.6 Å². The second-order valence-electron chi connectivity index (χ2n) is 6.63. The molecule has 2 aromatic carbocycles. The summed E-state index contributed by atoms with van der Waals surface area (Å²) in [4.78, 5) is 23.7. The Morgan fingerprint density at radius 2 is 1.62 bits per heavy atom. The Hall–Kier alpha value is -2.82. The molecule has 1 fully saturated rings. The van der Waals surface area contributed by atoms with Crippen LogP contribution in [0.25, 0.3) is 0 Å². The van der Waals surface area contributed by atoms with Gasteiger partial charge in [0.1, 0.15) is 12.4 Å². The molecule has 0 radical (unpaired) electrons. The zero-order valence-corrected chi connectivity index (χ0v) is 14.6. The van der Waals surface area contributed by atoms with Crippen LogP contribution in [0.5, 0.6) is 5.75 Å². The van der Waals surface area contributed by atoms with E-state index in [1.54, 1.807) is 12.1 Å². The summed E-state index contributed by atoms with van der Waals surface area (Å²) in [5.74, 6) is -0.653. The summed E-state index contributed by atoms with van der Waals surface area (Å²) in [6.45, 7) is 0.398. The summed E-state index contributed by atoms with van der Waals surface area (Å²) < 4.78 is 5.84. The molecule has 1 amide bonds. The molecule has 0 unspecified atom stereocenters. The zero-order valence-electron chi connectivity index (χ0n) is 14.6. The minimum atomic E-state index is -0.741. The van der Waals surface area contributed by atoms with Gasteiger partial charge in [-0.15, -0.1) is 0 Å². The van der Waals surface area contributed by atoms with Gasteiger partial charge in [0.25, 0.3) is 5.91 Å². The van der Waals surface area contributed by atoms with Crippen LogP contribution in [0.1, 0.15) is 41.6 Å². The molecule has 0 bridgehead atoms. The quantitative estimate of drug-likeness (QED) is 0.831. The van der Waals surface area contributed by atoms with E-state index in [9.17, 15) is 9.59 Å². The van der Waals surface area contributed by atoms with Crippen molar-refractivity contribution in [1.29, 1.82) is 0 Å². The van der Waals surface area contributed by atoms with Gasteiger partial charge in [0.05, 0.1) is 11.5 Å². The molecule has 0 spiro atoms. The lowest BCUT2D eigenvalue weighted by molar-refractivity contribution is -0.142. The topological polar surface area (TPSA) is 75.6 Å². The first kappa shape index (κ1) is 18.0. The predicted molar refractivity (Wildman–Crippen MR) is 98.1 cm³/mol. The third-order valence-electron chi connectivity index (χ3n) is 4.78. The van der Waals surface area contributed by atoms with Crippen LogP contribution in [0.3, 0.4) is 0 Å². The molecule has 0 aliphatic heterocycles. The van der Waals surface area contributed by atoms with Crippen LogP contribution in [0, 0.1) is 5.92 Å².